The summed E-state index contributed by atoms with van der Waals surface area (Å²) in [7, 11) is 0. The number of hydrogen-bond acceptors (Lipinski definition) is 3. The maximum atomic E-state index is 11.3. The third kappa shape index (κ3) is 7.89. The second-order valence-corrected chi connectivity index (χ2v) is 4.07. The standard InChI is InChI=1S/C15H21N3O/c1-2-3-4-8-15(19)18-11-6-10-17-13-14-7-5-9-16-12-14/h2-5,7-9,12,17H,6,10-11,13H2,1H3,(H,18,19)/b3-2+,8-4+. The summed E-state index contributed by atoms with van der Waals surface area (Å²) in [5, 5.41) is 6.14. The highest BCUT2D eigenvalue weighted by Crippen LogP contribution is 1.93. The molecule has 0 unspecified atom stereocenters. The van der Waals surface area contributed by atoms with E-state index >= 15 is 0 Å². The molecule has 0 spiro atoms. The molecule has 0 atom stereocenters. The lowest BCUT2D eigenvalue weighted by molar-refractivity contribution is -0.116. The van der Waals surface area contributed by atoms with E-state index in [9.17, 15) is 4.79 Å². The zero-order valence-electron chi connectivity index (χ0n) is 11.3. The number of carbonyl (C=O) groups is 1. The second kappa shape index (κ2) is 10.0. The lowest BCUT2D eigenvalue weighted by Crippen LogP contribution is -2.25. The Hall–Kier alpha value is -1.94. The molecule has 1 aromatic heterocycles. The lowest BCUT2D eigenvalue weighted by atomic mass is 10.3. The molecule has 1 aromatic rings. The monoisotopic (exact) mass is 259 g/mol. The number of hydrogen-bond donors (Lipinski definition) is 2. The van der Waals surface area contributed by atoms with E-state index in [1.54, 1.807) is 12.3 Å². The molecule has 0 aliphatic rings. The number of allylic oxidation sites excluding steroid dienone is 3. The molecular weight excluding hydrogens is 238 g/mol. The minimum Gasteiger partial charge on any atom is -0.353 e. The van der Waals surface area contributed by atoms with E-state index in [0.29, 0.717) is 6.54 Å². The van der Waals surface area contributed by atoms with Gasteiger partial charge in [-0.3, -0.25) is 9.78 Å². The van der Waals surface area contributed by atoms with Gasteiger partial charge in [-0.05, 0) is 31.5 Å². The van der Waals surface area contributed by atoms with Crippen molar-refractivity contribution in [3.05, 3.63) is 54.4 Å². The highest BCUT2D eigenvalue weighted by molar-refractivity contribution is 5.87. The summed E-state index contributed by atoms with van der Waals surface area (Å²) in [6.45, 7) is 4.27. The fourth-order valence-electron chi connectivity index (χ4n) is 1.47. The fraction of sp³-hybridized carbons (Fsp3) is 0.333. The predicted octanol–water partition coefficient (Wildman–Crippen LogP) is 1.81. The van der Waals surface area contributed by atoms with Gasteiger partial charge in [-0.25, -0.2) is 0 Å². The number of aromatic nitrogens is 1. The lowest BCUT2D eigenvalue weighted by Gasteiger charge is -2.05. The van der Waals surface area contributed by atoms with Crippen molar-refractivity contribution in [2.45, 2.75) is 19.9 Å². The minimum absolute atomic E-state index is 0.0506. The molecule has 1 rings (SSSR count). The first-order valence-corrected chi connectivity index (χ1v) is 6.49. The highest BCUT2D eigenvalue weighted by atomic mass is 16.1. The van der Waals surface area contributed by atoms with Crippen LogP contribution < -0.4 is 10.6 Å². The predicted molar refractivity (Wildman–Crippen MR) is 77.5 cm³/mol. The number of amides is 1. The summed E-state index contributed by atoms with van der Waals surface area (Å²) in [4.78, 5) is 15.4. The fourth-order valence-corrected chi connectivity index (χ4v) is 1.47. The molecule has 0 aliphatic heterocycles. The number of nitrogens with zero attached hydrogens (tertiary/aromatic N) is 1. The van der Waals surface area contributed by atoms with E-state index in [1.165, 1.54) is 11.6 Å². The summed E-state index contributed by atoms with van der Waals surface area (Å²) in [6.07, 6.45) is 11.5. The quantitative estimate of drug-likeness (QED) is 0.425. The third-order valence-electron chi connectivity index (χ3n) is 2.43. The topological polar surface area (TPSA) is 54.0 Å². The van der Waals surface area contributed by atoms with Crippen molar-refractivity contribution in [3.8, 4) is 0 Å². The molecule has 1 amide bonds. The van der Waals surface area contributed by atoms with Crippen molar-refractivity contribution in [2.75, 3.05) is 13.1 Å². The molecule has 102 valence electrons. The Morgan fingerprint density at radius 1 is 1.37 bits per heavy atom. The van der Waals surface area contributed by atoms with Crippen molar-refractivity contribution < 1.29 is 4.79 Å². The van der Waals surface area contributed by atoms with Crippen LogP contribution in [0.4, 0.5) is 0 Å². The summed E-state index contributed by atoms with van der Waals surface area (Å²) in [5.41, 5.74) is 1.17. The van der Waals surface area contributed by atoms with Crippen LogP contribution >= 0.6 is 0 Å². The van der Waals surface area contributed by atoms with E-state index in [1.807, 2.05) is 37.4 Å². The van der Waals surface area contributed by atoms with Gasteiger partial charge in [0.25, 0.3) is 0 Å². The molecule has 4 nitrogen and oxygen atoms in total. The van der Waals surface area contributed by atoms with E-state index < -0.39 is 0 Å². The van der Waals surface area contributed by atoms with Gasteiger partial charge in [-0.15, -0.1) is 0 Å². The van der Waals surface area contributed by atoms with Gasteiger partial charge in [-0.1, -0.05) is 24.3 Å². The van der Waals surface area contributed by atoms with Gasteiger partial charge in [0.05, 0.1) is 0 Å². The van der Waals surface area contributed by atoms with Gasteiger partial charge in [0.1, 0.15) is 0 Å². The largest absolute Gasteiger partial charge is 0.353 e. The minimum atomic E-state index is -0.0506. The van der Waals surface area contributed by atoms with E-state index in [0.717, 1.165) is 19.5 Å². The second-order valence-electron chi connectivity index (χ2n) is 4.07. The van der Waals surface area contributed by atoms with Crippen LogP contribution in [0.15, 0.2) is 48.8 Å². The van der Waals surface area contributed by atoms with Crippen LogP contribution in [0.5, 0.6) is 0 Å². The molecule has 2 N–H and O–H groups in total. The van der Waals surface area contributed by atoms with Gasteiger partial charge < -0.3 is 10.6 Å². The van der Waals surface area contributed by atoms with Crippen LogP contribution in [-0.4, -0.2) is 24.0 Å². The van der Waals surface area contributed by atoms with Gasteiger partial charge >= 0.3 is 0 Å². The van der Waals surface area contributed by atoms with Crippen molar-refractivity contribution >= 4 is 5.91 Å². The summed E-state index contributed by atoms with van der Waals surface area (Å²) < 4.78 is 0. The number of carbonyl (C=O) groups excluding carboxylic acids is 1. The van der Waals surface area contributed by atoms with Crippen LogP contribution in [0.1, 0.15) is 18.9 Å². The normalized spacial score (nSPS) is 11.2. The Morgan fingerprint density at radius 2 is 2.26 bits per heavy atom. The van der Waals surface area contributed by atoms with Crippen LogP contribution in [0.2, 0.25) is 0 Å². The molecule has 0 radical (unpaired) electrons. The summed E-state index contributed by atoms with van der Waals surface area (Å²) in [6, 6.07) is 3.96. The highest BCUT2D eigenvalue weighted by Gasteiger charge is 1.94. The van der Waals surface area contributed by atoms with Crippen LogP contribution in [-0.2, 0) is 11.3 Å². The first-order valence-electron chi connectivity index (χ1n) is 6.49. The van der Waals surface area contributed by atoms with Crippen molar-refractivity contribution in [3.63, 3.8) is 0 Å². The first kappa shape index (κ1) is 15.1. The number of pyridine rings is 1. The average molecular weight is 259 g/mol. The first-order chi connectivity index (χ1) is 9.33. The number of rotatable bonds is 8. The molecule has 4 heteroatoms. The van der Waals surface area contributed by atoms with Crippen LogP contribution in [0.3, 0.4) is 0 Å². The Labute approximate surface area is 114 Å². The molecule has 0 saturated carbocycles. The zero-order valence-corrected chi connectivity index (χ0v) is 11.3. The summed E-state index contributed by atoms with van der Waals surface area (Å²) >= 11 is 0. The average Bonchev–Trinajstić information content (AvgIpc) is 2.44. The van der Waals surface area contributed by atoms with E-state index in [2.05, 4.69) is 15.6 Å². The maximum absolute atomic E-state index is 11.3. The Morgan fingerprint density at radius 3 is 3.00 bits per heavy atom. The Bertz CT molecular complexity index is 413. The Kier molecular flexibility index (Phi) is 7.98. The molecule has 0 saturated heterocycles. The molecular formula is C15H21N3O. The molecule has 1 heterocycles. The van der Waals surface area contributed by atoms with Crippen molar-refractivity contribution in [1.82, 2.24) is 15.6 Å². The third-order valence-corrected chi connectivity index (χ3v) is 2.43. The molecule has 0 aliphatic carbocycles. The summed E-state index contributed by atoms with van der Waals surface area (Å²) in [5.74, 6) is -0.0506. The molecule has 0 aromatic carbocycles. The molecule has 19 heavy (non-hydrogen) atoms. The number of nitrogens with one attached hydrogen (secondary N) is 2. The SMILES string of the molecule is C/C=C/C=C/C(=O)NCCCNCc1cccnc1. The van der Waals surface area contributed by atoms with Gasteiger partial charge in [0.2, 0.25) is 5.91 Å². The maximum Gasteiger partial charge on any atom is 0.243 e. The Balaban J connectivity index is 2.01. The zero-order chi connectivity index (χ0) is 13.8. The van der Waals surface area contributed by atoms with Crippen molar-refractivity contribution in [1.29, 1.82) is 0 Å². The molecule has 0 fully saturated rings. The van der Waals surface area contributed by atoms with E-state index in [-0.39, 0.29) is 5.91 Å². The van der Waals surface area contributed by atoms with Crippen LogP contribution in [0, 0.1) is 0 Å². The smallest absolute Gasteiger partial charge is 0.243 e. The van der Waals surface area contributed by atoms with Gasteiger partial charge in [-0.2, -0.15) is 0 Å². The van der Waals surface area contributed by atoms with Crippen molar-refractivity contribution in [2.24, 2.45) is 0 Å². The molecule has 0 bridgehead atoms. The van der Waals surface area contributed by atoms with Crippen LogP contribution in [0.25, 0.3) is 0 Å². The van der Waals surface area contributed by atoms with E-state index in [4.69, 9.17) is 0 Å². The van der Waals surface area contributed by atoms with Gasteiger partial charge in [0, 0.05) is 31.6 Å². The van der Waals surface area contributed by atoms with Gasteiger partial charge in [0.15, 0.2) is 0 Å².